The van der Waals surface area contributed by atoms with Gasteiger partial charge in [-0.2, -0.15) is 0 Å². The predicted octanol–water partition coefficient (Wildman–Crippen LogP) is 2.42. The molecule has 2 fully saturated rings. The summed E-state index contributed by atoms with van der Waals surface area (Å²) in [7, 11) is -3.66. The van der Waals surface area contributed by atoms with E-state index in [1.165, 1.54) is 18.2 Å². The number of likely N-dealkylation sites (tertiary alicyclic amines) is 1. The van der Waals surface area contributed by atoms with E-state index in [0.29, 0.717) is 6.54 Å². The molecule has 1 aromatic carbocycles. The topological polar surface area (TPSA) is 74.8 Å². The van der Waals surface area contributed by atoms with Gasteiger partial charge >= 0.3 is 0 Å². The average Bonchev–Trinajstić information content (AvgIpc) is 3.12. The van der Waals surface area contributed by atoms with Crippen LogP contribution < -0.4 is 4.31 Å². The van der Waals surface area contributed by atoms with Crippen LogP contribution in [-0.2, 0) is 14.8 Å². The van der Waals surface area contributed by atoms with Gasteiger partial charge in [0, 0.05) is 19.0 Å². The van der Waals surface area contributed by atoms with E-state index in [9.17, 15) is 18.0 Å². The quantitative estimate of drug-likeness (QED) is 0.818. The van der Waals surface area contributed by atoms with Crippen LogP contribution in [0.1, 0.15) is 43.0 Å². The van der Waals surface area contributed by atoms with Gasteiger partial charge in [-0.3, -0.25) is 9.59 Å². The van der Waals surface area contributed by atoms with Crippen LogP contribution in [-0.4, -0.2) is 43.5 Å². The summed E-state index contributed by atoms with van der Waals surface area (Å²) in [5, 5.41) is 0.259. The molecule has 0 radical (unpaired) electrons. The molecule has 2 aliphatic rings. The second-order valence-corrected chi connectivity index (χ2v) is 8.44. The number of halogens is 1. The number of hydrogen-bond acceptors (Lipinski definition) is 4. The molecule has 2 saturated heterocycles. The highest BCUT2D eigenvalue weighted by Gasteiger charge is 2.37. The van der Waals surface area contributed by atoms with E-state index in [4.69, 9.17) is 11.6 Å². The lowest BCUT2D eigenvalue weighted by Crippen LogP contribution is -2.35. The zero-order valence-corrected chi connectivity index (χ0v) is 14.9. The van der Waals surface area contributed by atoms with E-state index in [1.54, 1.807) is 4.90 Å². The summed E-state index contributed by atoms with van der Waals surface area (Å²) >= 11 is 6.17. The maximum Gasteiger partial charge on any atom is 0.255 e. The van der Waals surface area contributed by atoms with Gasteiger partial charge < -0.3 is 4.90 Å². The fraction of sp³-hybridized carbons (Fsp3) is 0.500. The van der Waals surface area contributed by atoms with Crippen molar-refractivity contribution in [3.63, 3.8) is 0 Å². The SMILES string of the molecule is CCC1CCCN1C(=O)c1cc(N2C(=O)CCS2(=O)=O)ccc1Cl. The van der Waals surface area contributed by atoms with Crippen molar-refractivity contribution < 1.29 is 18.0 Å². The molecule has 2 heterocycles. The van der Waals surface area contributed by atoms with Crippen molar-refractivity contribution >= 4 is 39.1 Å². The summed E-state index contributed by atoms with van der Waals surface area (Å²) in [5.74, 6) is -0.902. The van der Waals surface area contributed by atoms with Crippen molar-refractivity contribution in [1.29, 1.82) is 0 Å². The first kappa shape index (κ1) is 17.2. The van der Waals surface area contributed by atoms with E-state index in [-0.39, 0.29) is 40.4 Å². The predicted molar refractivity (Wildman–Crippen MR) is 91.7 cm³/mol. The van der Waals surface area contributed by atoms with Gasteiger partial charge in [-0.25, -0.2) is 12.7 Å². The maximum absolute atomic E-state index is 12.8. The average molecular weight is 371 g/mol. The standard InChI is InChI=1S/C16H19ClN2O4S/c1-2-11-4-3-8-18(11)16(21)13-10-12(5-6-14(13)17)19-15(20)7-9-24(19,22)23/h5-6,10-11H,2-4,7-9H2,1H3. The Hall–Kier alpha value is -1.60. The van der Waals surface area contributed by atoms with Gasteiger partial charge in [0.1, 0.15) is 0 Å². The highest BCUT2D eigenvalue weighted by Crippen LogP contribution is 2.31. The second kappa shape index (κ2) is 6.37. The number of hydrogen-bond donors (Lipinski definition) is 0. The van der Waals surface area contributed by atoms with E-state index in [1.807, 2.05) is 6.92 Å². The monoisotopic (exact) mass is 370 g/mol. The first-order chi connectivity index (χ1) is 11.3. The largest absolute Gasteiger partial charge is 0.336 e. The Kier molecular flexibility index (Phi) is 4.57. The van der Waals surface area contributed by atoms with Gasteiger partial charge in [-0.15, -0.1) is 0 Å². The van der Waals surface area contributed by atoms with Gasteiger partial charge in [0.2, 0.25) is 15.9 Å². The third-order valence-corrected chi connectivity index (χ3v) is 6.62. The summed E-state index contributed by atoms with van der Waals surface area (Å²) in [6.07, 6.45) is 2.72. The Balaban J connectivity index is 1.98. The fourth-order valence-electron chi connectivity index (χ4n) is 3.35. The molecule has 0 aliphatic carbocycles. The zero-order valence-electron chi connectivity index (χ0n) is 13.4. The Morgan fingerprint density at radius 1 is 1.38 bits per heavy atom. The Labute approximate surface area is 146 Å². The summed E-state index contributed by atoms with van der Waals surface area (Å²) < 4.78 is 24.9. The number of nitrogens with zero attached hydrogens (tertiary/aromatic N) is 2. The molecule has 24 heavy (non-hydrogen) atoms. The lowest BCUT2D eigenvalue weighted by atomic mass is 10.1. The van der Waals surface area contributed by atoms with Crippen LogP contribution in [0, 0.1) is 0 Å². The third kappa shape index (κ3) is 2.91. The van der Waals surface area contributed by atoms with Crippen molar-refractivity contribution in [2.75, 3.05) is 16.6 Å². The van der Waals surface area contributed by atoms with E-state index < -0.39 is 15.9 Å². The van der Waals surface area contributed by atoms with Crippen LogP contribution in [0.5, 0.6) is 0 Å². The second-order valence-electron chi connectivity index (χ2n) is 6.09. The molecule has 1 atom stereocenters. The minimum absolute atomic E-state index is 0.0434. The molecule has 3 rings (SSSR count). The molecule has 1 unspecified atom stereocenters. The van der Waals surface area contributed by atoms with Crippen molar-refractivity contribution in [3.05, 3.63) is 28.8 Å². The number of benzene rings is 1. The Bertz CT molecular complexity index is 793. The fourth-order valence-corrected chi connectivity index (χ4v) is 5.00. The molecule has 130 valence electrons. The maximum atomic E-state index is 12.8. The van der Waals surface area contributed by atoms with Crippen molar-refractivity contribution in [3.8, 4) is 0 Å². The summed E-state index contributed by atoms with van der Waals surface area (Å²) in [4.78, 5) is 26.5. The van der Waals surface area contributed by atoms with Gasteiger partial charge in [-0.1, -0.05) is 18.5 Å². The molecule has 8 heteroatoms. The van der Waals surface area contributed by atoms with Gasteiger partial charge in [0.25, 0.3) is 5.91 Å². The van der Waals surface area contributed by atoms with Crippen LogP contribution in [0.25, 0.3) is 0 Å². The number of sulfonamides is 1. The minimum atomic E-state index is -3.66. The molecule has 2 amide bonds. The Morgan fingerprint density at radius 3 is 2.75 bits per heavy atom. The van der Waals surface area contributed by atoms with Crippen molar-refractivity contribution in [2.24, 2.45) is 0 Å². The summed E-state index contributed by atoms with van der Waals surface area (Å²) in [6, 6.07) is 4.52. The molecule has 0 saturated carbocycles. The normalized spacial score (nSPS) is 23.1. The molecule has 6 nitrogen and oxygen atoms in total. The summed E-state index contributed by atoms with van der Waals surface area (Å²) in [6.45, 7) is 2.70. The molecule has 0 spiro atoms. The highest BCUT2D eigenvalue weighted by molar-refractivity contribution is 7.94. The van der Waals surface area contributed by atoms with Crippen LogP contribution >= 0.6 is 11.6 Å². The number of carbonyl (C=O) groups excluding carboxylic acids is 2. The van der Waals surface area contributed by atoms with Crippen molar-refractivity contribution in [2.45, 2.75) is 38.6 Å². The molecular formula is C16H19ClN2O4S. The number of carbonyl (C=O) groups is 2. The van der Waals surface area contributed by atoms with Gasteiger partial charge in [0.15, 0.2) is 0 Å². The van der Waals surface area contributed by atoms with Gasteiger partial charge in [-0.05, 0) is 37.5 Å². The summed E-state index contributed by atoms with van der Waals surface area (Å²) in [5.41, 5.74) is 0.418. The van der Waals surface area contributed by atoms with Crippen LogP contribution in [0.4, 0.5) is 5.69 Å². The third-order valence-electron chi connectivity index (χ3n) is 4.60. The van der Waals surface area contributed by atoms with Crippen LogP contribution in [0.3, 0.4) is 0 Å². The van der Waals surface area contributed by atoms with Crippen LogP contribution in [0.15, 0.2) is 18.2 Å². The molecule has 0 aromatic heterocycles. The number of amides is 2. The van der Waals surface area contributed by atoms with Crippen LogP contribution in [0.2, 0.25) is 5.02 Å². The molecular weight excluding hydrogens is 352 g/mol. The van der Waals surface area contributed by atoms with E-state index in [2.05, 4.69) is 0 Å². The van der Waals surface area contributed by atoms with Crippen molar-refractivity contribution in [1.82, 2.24) is 4.90 Å². The molecule has 1 aromatic rings. The number of anilines is 1. The molecule has 0 N–H and O–H groups in total. The first-order valence-corrected chi connectivity index (χ1v) is 10.00. The minimum Gasteiger partial charge on any atom is -0.336 e. The Morgan fingerprint density at radius 2 is 2.12 bits per heavy atom. The lowest BCUT2D eigenvalue weighted by molar-refractivity contribution is -0.116. The zero-order chi connectivity index (χ0) is 17.5. The van der Waals surface area contributed by atoms with E-state index >= 15 is 0 Å². The highest BCUT2D eigenvalue weighted by atomic mass is 35.5. The smallest absolute Gasteiger partial charge is 0.255 e. The van der Waals surface area contributed by atoms with Gasteiger partial charge in [0.05, 0.1) is 22.0 Å². The number of rotatable bonds is 3. The molecule has 0 bridgehead atoms. The first-order valence-electron chi connectivity index (χ1n) is 8.01. The molecule has 2 aliphatic heterocycles. The lowest BCUT2D eigenvalue weighted by Gasteiger charge is -2.25. The van der Waals surface area contributed by atoms with E-state index in [0.717, 1.165) is 23.6 Å².